The summed E-state index contributed by atoms with van der Waals surface area (Å²) < 4.78 is 10.9. The van der Waals surface area contributed by atoms with Crippen LogP contribution in [-0.2, 0) is 9.59 Å². The van der Waals surface area contributed by atoms with E-state index in [1.165, 1.54) is 6.26 Å². The summed E-state index contributed by atoms with van der Waals surface area (Å²) in [5.41, 5.74) is 1.42. The molecule has 0 saturated carbocycles. The Hall–Kier alpha value is -4.08. The summed E-state index contributed by atoms with van der Waals surface area (Å²) in [7, 11) is 0. The zero-order valence-corrected chi connectivity index (χ0v) is 20.9. The lowest BCUT2D eigenvalue weighted by Crippen LogP contribution is -2.45. The van der Waals surface area contributed by atoms with Gasteiger partial charge in [-0.15, -0.1) is 0 Å². The molecule has 3 aromatic rings. The van der Waals surface area contributed by atoms with E-state index in [4.69, 9.17) is 8.83 Å². The normalized spacial score (nSPS) is 18.8. The van der Waals surface area contributed by atoms with Crippen molar-refractivity contribution >= 4 is 40.3 Å². The van der Waals surface area contributed by atoms with Gasteiger partial charge in [-0.05, 0) is 75.4 Å². The van der Waals surface area contributed by atoms with E-state index in [9.17, 15) is 14.4 Å². The third-order valence-electron chi connectivity index (χ3n) is 6.70. The van der Waals surface area contributed by atoms with Gasteiger partial charge in [-0.1, -0.05) is 0 Å². The number of benzene rings is 1. The van der Waals surface area contributed by atoms with Gasteiger partial charge in [-0.25, -0.2) is 4.99 Å². The maximum absolute atomic E-state index is 13.5. The number of aryl methyl sites for hydroxylation is 1. The molecule has 1 aromatic carbocycles. The van der Waals surface area contributed by atoms with Crippen LogP contribution in [-0.4, -0.2) is 65.7 Å². The number of hydrogen-bond acceptors (Lipinski definition) is 6. The molecule has 2 aromatic heterocycles. The van der Waals surface area contributed by atoms with Crippen molar-refractivity contribution in [2.24, 2.45) is 4.99 Å². The second-order valence-electron chi connectivity index (χ2n) is 9.50. The number of likely N-dealkylation sites (tertiary alicyclic amines) is 2. The molecule has 0 radical (unpaired) electrons. The highest BCUT2D eigenvalue weighted by Crippen LogP contribution is 2.23. The van der Waals surface area contributed by atoms with Gasteiger partial charge < -0.3 is 24.0 Å². The number of aliphatic imine (C=N–C) groups is 1. The van der Waals surface area contributed by atoms with Crippen LogP contribution in [0.4, 0.5) is 5.69 Å². The Labute approximate surface area is 214 Å². The first-order chi connectivity index (χ1) is 18.0. The number of anilines is 1. The van der Waals surface area contributed by atoms with Gasteiger partial charge in [-0.3, -0.25) is 19.7 Å². The van der Waals surface area contributed by atoms with Crippen LogP contribution in [0.1, 0.15) is 48.4 Å². The number of nitrogens with zero attached hydrogens (tertiary/aromatic N) is 3. The van der Waals surface area contributed by atoms with E-state index in [2.05, 4.69) is 15.6 Å². The molecule has 2 aliphatic rings. The van der Waals surface area contributed by atoms with Crippen LogP contribution in [0.3, 0.4) is 0 Å². The van der Waals surface area contributed by atoms with Gasteiger partial charge in [0.2, 0.25) is 17.8 Å². The second-order valence-corrected chi connectivity index (χ2v) is 9.50. The van der Waals surface area contributed by atoms with Gasteiger partial charge >= 0.3 is 0 Å². The SMILES string of the molecule is Cc1cc2cc(NC(=NC3CCCCN(CC(=O)N4CCCC4)C3=O)NC(=O)c3ccco3)ccc2o1. The Kier molecular flexibility index (Phi) is 7.25. The molecule has 2 N–H and O–H groups in total. The van der Waals surface area contributed by atoms with E-state index >= 15 is 0 Å². The average Bonchev–Trinajstić information content (AvgIpc) is 3.64. The quantitative estimate of drug-likeness (QED) is 0.404. The maximum atomic E-state index is 13.5. The monoisotopic (exact) mass is 505 g/mol. The molecule has 2 saturated heterocycles. The number of hydrogen-bond donors (Lipinski definition) is 2. The first kappa shape index (κ1) is 24.6. The van der Waals surface area contributed by atoms with E-state index in [1.807, 2.05) is 36.1 Å². The van der Waals surface area contributed by atoms with Crippen LogP contribution in [0.25, 0.3) is 11.0 Å². The van der Waals surface area contributed by atoms with Crippen LogP contribution >= 0.6 is 0 Å². The molecule has 1 unspecified atom stereocenters. The Morgan fingerprint density at radius 1 is 1.08 bits per heavy atom. The molecule has 10 nitrogen and oxygen atoms in total. The number of rotatable bonds is 5. The lowest BCUT2D eigenvalue weighted by atomic mass is 10.1. The summed E-state index contributed by atoms with van der Waals surface area (Å²) in [6.45, 7) is 3.94. The van der Waals surface area contributed by atoms with Crippen molar-refractivity contribution in [2.45, 2.75) is 45.1 Å². The summed E-state index contributed by atoms with van der Waals surface area (Å²) in [5.74, 6) is 0.326. The smallest absolute Gasteiger partial charge is 0.293 e. The van der Waals surface area contributed by atoms with Gasteiger partial charge in [-0.2, -0.15) is 0 Å². The molecule has 194 valence electrons. The molecule has 2 fully saturated rings. The minimum atomic E-state index is -0.729. The molecular weight excluding hydrogens is 474 g/mol. The lowest BCUT2D eigenvalue weighted by Gasteiger charge is -2.25. The predicted octanol–water partition coefficient (Wildman–Crippen LogP) is 3.54. The molecule has 3 amide bonds. The lowest BCUT2D eigenvalue weighted by molar-refractivity contribution is -0.140. The van der Waals surface area contributed by atoms with Gasteiger partial charge in [0.25, 0.3) is 5.91 Å². The zero-order valence-electron chi connectivity index (χ0n) is 20.9. The van der Waals surface area contributed by atoms with Crippen LogP contribution in [0.15, 0.2) is 56.5 Å². The van der Waals surface area contributed by atoms with Crippen molar-refractivity contribution in [3.05, 3.63) is 54.2 Å². The summed E-state index contributed by atoms with van der Waals surface area (Å²) in [4.78, 5) is 47.1. The highest BCUT2D eigenvalue weighted by molar-refractivity contribution is 6.10. The number of carbonyl (C=O) groups is 3. The molecule has 37 heavy (non-hydrogen) atoms. The van der Waals surface area contributed by atoms with Crippen molar-refractivity contribution in [1.29, 1.82) is 0 Å². The third-order valence-corrected chi connectivity index (χ3v) is 6.70. The highest BCUT2D eigenvalue weighted by atomic mass is 16.3. The number of nitrogens with one attached hydrogen (secondary N) is 2. The van der Waals surface area contributed by atoms with E-state index in [1.54, 1.807) is 17.0 Å². The third kappa shape index (κ3) is 5.84. The number of carbonyl (C=O) groups excluding carboxylic acids is 3. The standard InChI is InChI=1S/C27H31N5O5/c1-18-15-19-16-20(9-10-22(19)37-18)28-27(30-25(34)23-8-6-14-36-23)29-21-7-2-3-13-32(26(21)35)17-24(33)31-11-4-5-12-31/h6,8-10,14-16,21H,2-5,7,11-13,17H2,1H3,(H2,28,29,30,34). The van der Waals surface area contributed by atoms with E-state index in [0.717, 1.165) is 55.5 Å². The highest BCUT2D eigenvalue weighted by Gasteiger charge is 2.30. The number of fused-ring (bicyclic) bond motifs is 1. The maximum Gasteiger partial charge on any atom is 0.293 e. The fourth-order valence-corrected chi connectivity index (χ4v) is 4.81. The fraction of sp³-hybridized carbons (Fsp3) is 0.407. The topological polar surface area (TPSA) is 120 Å². The summed E-state index contributed by atoms with van der Waals surface area (Å²) in [6, 6.07) is 9.90. The van der Waals surface area contributed by atoms with Gasteiger partial charge in [0.15, 0.2) is 5.76 Å². The first-order valence-corrected chi connectivity index (χ1v) is 12.7. The minimum Gasteiger partial charge on any atom is -0.461 e. The Balaban J connectivity index is 1.38. The van der Waals surface area contributed by atoms with E-state index in [-0.39, 0.29) is 30.1 Å². The molecule has 0 spiro atoms. The average molecular weight is 506 g/mol. The Bertz CT molecular complexity index is 1310. The van der Waals surface area contributed by atoms with Gasteiger partial charge in [0.05, 0.1) is 12.8 Å². The minimum absolute atomic E-state index is 0.0244. The van der Waals surface area contributed by atoms with Crippen molar-refractivity contribution in [1.82, 2.24) is 15.1 Å². The summed E-state index contributed by atoms with van der Waals surface area (Å²) in [5, 5.41) is 6.80. The molecule has 2 aliphatic heterocycles. The number of guanidine groups is 1. The Morgan fingerprint density at radius 3 is 2.68 bits per heavy atom. The van der Waals surface area contributed by atoms with E-state index < -0.39 is 11.9 Å². The van der Waals surface area contributed by atoms with Crippen LogP contribution in [0.5, 0.6) is 0 Å². The molecule has 1 atom stereocenters. The summed E-state index contributed by atoms with van der Waals surface area (Å²) >= 11 is 0. The zero-order chi connectivity index (χ0) is 25.8. The van der Waals surface area contributed by atoms with Crippen molar-refractivity contribution in [3.8, 4) is 0 Å². The van der Waals surface area contributed by atoms with Crippen LogP contribution in [0.2, 0.25) is 0 Å². The predicted molar refractivity (Wildman–Crippen MR) is 138 cm³/mol. The fourth-order valence-electron chi connectivity index (χ4n) is 4.81. The first-order valence-electron chi connectivity index (χ1n) is 12.7. The van der Waals surface area contributed by atoms with Crippen molar-refractivity contribution < 1.29 is 23.2 Å². The molecule has 4 heterocycles. The van der Waals surface area contributed by atoms with E-state index in [0.29, 0.717) is 18.7 Å². The van der Waals surface area contributed by atoms with Crippen LogP contribution in [0, 0.1) is 6.92 Å². The number of amides is 3. The van der Waals surface area contributed by atoms with Gasteiger partial charge in [0, 0.05) is 30.7 Å². The largest absolute Gasteiger partial charge is 0.461 e. The molecule has 0 bridgehead atoms. The van der Waals surface area contributed by atoms with Crippen molar-refractivity contribution in [3.63, 3.8) is 0 Å². The molecular formula is C27H31N5O5. The van der Waals surface area contributed by atoms with Crippen LogP contribution < -0.4 is 10.6 Å². The number of furan rings is 2. The summed E-state index contributed by atoms with van der Waals surface area (Å²) in [6.07, 6.45) is 5.52. The molecule has 10 heteroatoms. The van der Waals surface area contributed by atoms with Crippen molar-refractivity contribution in [2.75, 3.05) is 31.5 Å². The second kappa shape index (κ2) is 10.9. The Morgan fingerprint density at radius 2 is 1.89 bits per heavy atom. The molecule has 0 aliphatic carbocycles. The van der Waals surface area contributed by atoms with Gasteiger partial charge in [0.1, 0.15) is 17.4 Å². The molecule has 5 rings (SSSR count).